The van der Waals surface area contributed by atoms with Crippen LogP contribution < -0.4 is 50.8 Å². The number of hydrogen-bond donors (Lipinski definition) is 0. The van der Waals surface area contributed by atoms with Gasteiger partial charge in [0.15, 0.2) is 16.1 Å². The van der Waals surface area contributed by atoms with E-state index in [1.165, 1.54) is 69.8 Å². The zero-order valence-electron chi connectivity index (χ0n) is 92.6. The predicted octanol–water partition coefficient (Wildman–Crippen LogP) is 16.6. The number of imidazole rings is 1. The molecule has 0 aliphatic rings. The minimum atomic E-state index is -6.39. The summed E-state index contributed by atoms with van der Waals surface area (Å²) in [6, 6.07) is -1.17. The molecule has 0 radical (unpaired) electrons. The van der Waals surface area contributed by atoms with Gasteiger partial charge in [-0.25, -0.2) is 4.98 Å². The largest absolute Gasteiger partial charge is 0.510 e. The Morgan fingerprint density at radius 3 is 1.50 bits per heavy atom. The van der Waals surface area contributed by atoms with E-state index in [1.54, 1.807) is 53.1 Å². The fourth-order valence-corrected chi connectivity index (χ4v) is 20.7. The van der Waals surface area contributed by atoms with Crippen LogP contribution in [0.1, 0.15) is 110 Å². The van der Waals surface area contributed by atoms with Crippen molar-refractivity contribution in [2.24, 2.45) is 0 Å². The Balaban J connectivity index is 0.0000146. The molecule has 0 bridgehead atoms. The summed E-state index contributed by atoms with van der Waals surface area (Å²) in [5, 5.41) is -5.40. The second kappa shape index (κ2) is 27.0. The van der Waals surface area contributed by atoms with Gasteiger partial charge in [0.05, 0.1) is 64.7 Å². The van der Waals surface area contributed by atoms with Crippen molar-refractivity contribution in [3.63, 3.8) is 0 Å². The molecule has 5 nitrogen and oxygen atoms in total. The van der Waals surface area contributed by atoms with E-state index in [9.17, 15) is 32.9 Å². The van der Waals surface area contributed by atoms with Gasteiger partial charge in [0.25, 0.3) is 6.33 Å². The molecular weight excluding hydrogens is 1440 g/mol. The van der Waals surface area contributed by atoms with E-state index in [2.05, 4.69) is 18.5 Å². The molecule has 101 heavy (non-hydrogen) atoms. The number of fused-ring (bicyclic) bond motifs is 4. The van der Waals surface area contributed by atoms with E-state index in [0.717, 1.165) is 6.20 Å². The fourth-order valence-electron chi connectivity index (χ4n) is 12.9. The molecule has 16 aromatic rings. The number of ether oxygens (including phenoxy) is 1. The molecule has 0 saturated heterocycles. The smallest absolute Gasteiger partial charge is 0.268 e. The van der Waals surface area contributed by atoms with E-state index in [-0.39, 0.29) is 83.0 Å². The minimum absolute atomic E-state index is 0. The molecule has 0 spiro atoms. The van der Waals surface area contributed by atoms with Crippen molar-refractivity contribution in [2.45, 2.75) is 59.2 Å². The molecule has 0 N–H and O–H groups in total. The third-order valence-electron chi connectivity index (χ3n) is 17.6. The number of aryl methyl sites for hydroxylation is 1. The summed E-state index contributed by atoms with van der Waals surface area (Å²) in [6.45, 7) is 8.48. The number of hydrogen-bond acceptors (Lipinski definition) is 2. The van der Waals surface area contributed by atoms with E-state index in [0.29, 0.717) is 27.4 Å². The van der Waals surface area contributed by atoms with Gasteiger partial charge in [0.1, 0.15) is 5.82 Å². The van der Waals surface area contributed by atoms with Crippen molar-refractivity contribution in [3.05, 3.63) is 368 Å². The Bertz CT molecular complexity index is 7470. The van der Waals surface area contributed by atoms with Crippen LogP contribution in [0, 0.1) is 25.3 Å². The first-order valence-electron chi connectivity index (χ1n) is 50.5. The Labute approximate surface area is 663 Å². The summed E-state index contributed by atoms with van der Waals surface area (Å²) in [5.41, 5.74) is -1.65. The summed E-state index contributed by atoms with van der Waals surface area (Å²) in [7, 11) is -12.6. The van der Waals surface area contributed by atoms with Gasteiger partial charge < -0.3 is 13.9 Å². The zero-order chi connectivity index (χ0) is 101. The molecule has 0 saturated carbocycles. The van der Waals surface area contributed by atoms with Gasteiger partial charge in [-0.2, -0.15) is 18.2 Å². The average molecular weight is 1560 g/mol. The maximum atomic E-state index is 10.4. The maximum Gasteiger partial charge on any atom is 0.268 e. The summed E-state index contributed by atoms with van der Waals surface area (Å²) in [6.07, 6.45) is 4.52. The molecule has 16 rings (SSSR count). The summed E-state index contributed by atoms with van der Waals surface area (Å²) in [4.78, 5) is 4.70. The number of para-hydroxylation sites is 2. The van der Waals surface area contributed by atoms with Crippen molar-refractivity contribution < 1.29 is 82.5 Å². The topological polar surface area (TPSA) is 35.9 Å². The Hall–Kier alpha value is -10.8. The molecule has 0 amide bonds. The normalized spacial score (nSPS) is 17.4. The second-order valence-electron chi connectivity index (χ2n) is 25.5. The predicted molar refractivity (Wildman–Crippen MR) is 420 cm³/mol. The minimum Gasteiger partial charge on any atom is -0.510 e. The van der Waals surface area contributed by atoms with Crippen LogP contribution in [0.25, 0.3) is 72.3 Å². The number of aromatic nitrogens is 4. The molecule has 0 atom stereocenters. The number of benzene rings is 13. The molecule has 0 unspecified atom stereocenters. The fraction of sp³-hybridized carbons (Fsp3) is 0.0968. The third kappa shape index (κ3) is 11.9. The van der Waals surface area contributed by atoms with Crippen molar-refractivity contribution in [1.29, 1.82) is 0 Å². The first-order valence-corrected chi connectivity index (χ1v) is 35.5. The van der Waals surface area contributed by atoms with Crippen LogP contribution in [-0.4, -0.2) is 30.3 Å². The zero-order valence-corrected chi connectivity index (χ0v) is 58.8. The summed E-state index contributed by atoms with van der Waals surface area (Å²) in [5.74, 6) is -0.363. The molecule has 8 heteroatoms. The molecule has 0 aliphatic heterocycles. The van der Waals surface area contributed by atoms with E-state index in [1.807, 2.05) is 47.6 Å². The van der Waals surface area contributed by atoms with Crippen LogP contribution >= 0.6 is 0 Å². The van der Waals surface area contributed by atoms with E-state index in [4.69, 9.17) is 28.9 Å². The van der Waals surface area contributed by atoms with E-state index < -0.39 is 298 Å². The second-order valence-corrected chi connectivity index (χ2v) is 32.6. The van der Waals surface area contributed by atoms with Crippen molar-refractivity contribution >= 4 is 90.5 Å². The van der Waals surface area contributed by atoms with Gasteiger partial charge in [-0.15, -0.1) is 29.7 Å². The molecule has 3 heterocycles. The monoisotopic (exact) mass is 1550 g/mol. The van der Waals surface area contributed by atoms with Gasteiger partial charge in [-0.3, -0.25) is 4.57 Å². The Morgan fingerprint density at radius 2 is 0.960 bits per heavy atom. The summed E-state index contributed by atoms with van der Waals surface area (Å²) >= 11 is 0. The van der Waals surface area contributed by atoms with Gasteiger partial charge >= 0.3 is 0 Å². The van der Waals surface area contributed by atoms with Gasteiger partial charge in [0.2, 0.25) is 0 Å². The van der Waals surface area contributed by atoms with Crippen LogP contribution in [0.5, 0.6) is 11.5 Å². The van der Waals surface area contributed by atoms with Gasteiger partial charge in [-0.05, 0) is 116 Å². The van der Waals surface area contributed by atoms with Crippen LogP contribution in [-0.2, 0) is 31.9 Å². The number of rotatable bonds is 15. The molecule has 0 fully saturated rings. The molecule has 494 valence electrons. The maximum absolute atomic E-state index is 10.4. The van der Waals surface area contributed by atoms with Gasteiger partial charge in [-0.1, -0.05) is 331 Å². The third-order valence-corrected chi connectivity index (χ3v) is 26.0. The number of nitrogens with zero attached hydrogens (tertiary/aromatic N) is 4. The average Bonchev–Trinajstić information content (AvgIpc) is 1.64. The Morgan fingerprint density at radius 1 is 0.446 bits per heavy atom. The first kappa shape index (κ1) is 35.5. The van der Waals surface area contributed by atoms with Crippen LogP contribution in [0.3, 0.4) is 0 Å². The van der Waals surface area contributed by atoms with Crippen molar-refractivity contribution in [3.8, 4) is 50.9 Å². The molecule has 3 aromatic heterocycles. The van der Waals surface area contributed by atoms with E-state index >= 15 is 0 Å². The van der Waals surface area contributed by atoms with Gasteiger partial charge in [0, 0.05) is 54.0 Å². The molecule has 0 aliphatic carbocycles. The van der Waals surface area contributed by atoms with Crippen LogP contribution in [0.2, 0.25) is 0 Å². The van der Waals surface area contributed by atoms with Crippen LogP contribution in [0.15, 0.2) is 333 Å². The standard InChI is InChI=1S/C93H76N4OSi2.Pt/c1-66-57-90(94-64-84(66)67-33-15-8-16-34-67)97-85-51-30-29-49-82(85)83-55-53-73(62-87(83)97)98-72-36-31-35-71(61-72)95-65-96(86-56-54-80(63-88(86)95)99(74-37-17-9-18-38-74,75-39-19-10-20-40-75)76-41-21-11-22-42-76)91-81(68-58-69(92(2,3)4)60-70(59-68)93(5,6)7)50-32-52-89(91)100(77-43-23-12-24-44-77,78-45-25-13-26-46-78)79-47-27-14-28-48-79;/h8-60,63-64H,1-7H3;/q-2;/i1D3,8D,9D,10D,11D,12D,13D,14D,15D,16D,17D,18D,19D,20D,21D,22D,23D,24D,25D,26D,27D,28D,33D,34D,37D,38D,39D,40D,41D,42D,43D,44D,45D,46D,47D,48D;. The number of pyridine rings is 1. The molecular formula is C93H76N4OPtSi2-2. The molecule has 13 aromatic carbocycles. The Kier molecular flexibility index (Phi) is 9.50. The van der Waals surface area contributed by atoms with Crippen molar-refractivity contribution in [2.75, 3.05) is 0 Å². The first-order chi connectivity index (χ1) is 64.5. The quantitative estimate of drug-likeness (QED) is 0.0444. The summed E-state index contributed by atoms with van der Waals surface area (Å²) < 4.78 is 372. The van der Waals surface area contributed by atoms with Crippen LogP contribution in [0.4, 0.5) is 0 Å². The van der Waals surface area contributed by atoms with Crippen molar-refractivity contribution in [1.82, 2.24) is 14.1 Å². The SMILES string of the molecule is [2H]c1c([2H])c([2H])c(-c2cnc(-n3c4[c-]c(Oc5[c-]c(-n6[c-][n+](-c7c(-c8cc(C(C)(C)C)cc(C(C)(C)C)c8)cccc7[Si](c7c([2H])c([2H])c([2H])c([2H])c7[2H])(c7c([2H])c([2H])c([2H])c([2H])c7[2H])c7c([2H])c([2H])c([2H])c([2H])c7[2H])c7ccc([Si](c8c([2H])c([2H])c([2H])c([2H])c8[2H])(c8c([2H])c([2H])c([2H])c([2H])c8[2H])c8c([2H])c([2H])c([2H])c([2H])c8[2H])cc76)ccc5)ccc4c4ccccc43)cc2C([2H])([2H])[2H])c([2H])c1[2H].[Pt].